The molecular formula is C35H35N. The van der Waals surface area contributed by atoms with Gasteiger partial charge in [-0.05, 0) is 94.5 Å². The molecule has 0 spiro atoms. The molecule has 2 fully saturated rings. The maximum Gasteiger partial charge on any atom is 0.0184 e. The van der Waals surface area contributed by atoms with Crippen molar-refractivity contribution < 1.29 is 0 Å². The molecular weight excluding hydrogens is 434 g/mol. The second-order valence-corrected chi connectivity index (χ2v) is 10.6. The van der Waals surface area contributed by atoms with E-state index in [4.69, 9.17) is 5.41 Å². The first-order chi connectivity index (χ1) is 17.8. The van der Waals surface area contributed by atoms with E-state index >= 15 is 0 Å². The Balaban J connectivity index is 1.63. The van der Waals surface area contributed by atoms with E-state index in [0.29, 0.717) is 11.8 Å². The summed E-state index contributed by atoms with van der Waals surface area (Å²) in [5, 5.41) is 8.01. The second-order valence-electron chi connectivity index (χ2n) is 10.6. The Kier molecular flexibility index (Phi) is 6.55. The molecule has 1 nitrogen and oxygen atoms in total. The lowest BCUT2D eigenvalue weighted by Crippen LogP contribution is -2.15. The van der Waals surface area contributed by atoms with Gasteiger partial charge in [-0.15, -0.1) is 0 Å². The Labute approximate surface area is 215 Å². The van der Waals surface area contributed by atoms with Gasteiger partial charge in [0.1, 0.15) is 0 Å². The number of nitrogens with one attached hydrogen (secondary N) is 1. The summed E-state index contributed by atoms with van der Waals surface area (Å²) in [6.07, 6.45) is 18.5. The summed E-state index contributed by atoms with van der Waals surface area (Å²) < 4.78 is 0. The molecule has 0 saturated heterocycles. The Bertz CT molecular complexity index is 1330. The van der Waals surface area contributed by atoms with Crippen molar-refractivity contribution in [3.8, 4) is 0 Å². The molecule has 36 heavy (non-hydrogen) atoms. The fourth-order valence-corrected chi connectivity index (χ4v) is 6.86. The zero-order valence-corrected chi connectivity index (χ0v) is 21.0. The average Bonchev–Trinajstić information content (AvgIpc) is 3.43. The number of rotatable bonds is 5. The molecule has 1 heteroatoms. The van der Waals surface area contributed by atoms with E-state index in [9.17, 15) is 0 Å². The molecule has 0 heterocycles. The topological polar surface area (TPSA) is 23.9 Å². The molecule has 1 atom stereocenters. The van der Waals surface area contributed by atoms with Crippen molar-refractivity contribution in [3.05, 3.63) is 130 Å². The van der Waals surface area contributed by atoms with Crippen LogP contribution in [-0.2, 0) is 0 Å². The lowest BCUT2D eigenvalue weighted by molar-refractivity contribution is 0.439. The van der Waals surface area contributed by atoms with Gasteiger partial charge in [0.25, 0.3) is 0 Å². The number of allylic oxidation sites excluding steroid dienone is 4. The second kappa shape index (κ2) is 10.3. The minimum Gasteiger partial charge on any atom is -0.309 e. The molecule has 180 valence electrons. The van der Waals surface area contributed by atoms with Gasteiger partial charge < -0.3 is 5.41 Å². The largest absolute Gasteiger partial charge is 0.309 e. The van der Waals surface area contributed by atoms with Crippen LogP contribution in [0.3, 0.4) is 0 Å². The third-order valence-corrected chi connectivity index (χ3v) is 8.52. The SMILES string of the molecule is N=C/C=C(/c1ccccc1)c1ccc2c(c1C1CCCCC1)C1CC/C(=C/C=C\2c2ccccc2)C1. The monoisotopic (exact) mass is 469 g/mol. The lowest BCUT2D eigenvalue weighted by Gasteiger charge is -2.32. The molecule has 0 aliphatic heterocycles. The van der Waals surface area contributed by atoms with Gasteiger partial charge >= 0.3 is 0 Å². The van der Waals surface area contributed by atoms with Crippen molar-refractivity contribution in [2.45, 2.75) is 63.2 Å². The third kappa shape index (κ3) is 4.32. The number of benzene rings is 3. The molecule has 6 rings (SSSR count). The maximum atomic E-state index is 8.01. The minimum atomic E-state index is 0.576. The summed E-state index contributed by atoms with van der Waals surface area (Å²) >= 11 is 0. The molecule has 3 aliphatic rings. The van der Waals surface area contributed by atoms with E-state index < -0.39 is 0 Å². The molecule has 1 N–H and O–H groups in total. The van der Waals surface area contributed by atoms with Crippen LogP contribution < -0.4 is 0 Å². The summed E-state index contributed by atoms with van der Waals surface area (Å²) in [5.74, 6) is 1.17. The Hall–Kier alpha value is -3.45. The van der Waals surface area contributed by atoms with E-state index in [1.807, 2.05) is 6.08 Å². The van der Waals surface area contributed by atoms with Gasteiger partial charge in [-0.25, -0.2) is 0 Å². The van der Waals surface area contributed by atoms with Gasteiger partial charge in [-0.2, -0.15) is 0 Å². The van der Waals surface area contributed by atoms with Gasteiger partial charge in [0.15, 0.2) is 0 Å². The van der Waals surface area contributed by atoms with E-state index in [-0.39, 0.29) is 0 Å². The predicted octanol–water partition coefficient (Wildman–Crippen LogP) is 9.45. The van der Waals surface area contributed by atoms with E-state index in [2.05, 4.69) is 84.9 Å². The predicted molar refractivity (Wildman–Crippen MR) is 153 cm³/mol. The van der Waals surface area contributed by atoms with Crippen LogP contribution in [0.4, 0.5) is 0 Å². The van der Waals surface area contributed by atoms with Crippen LogP contribution in [0.1, 0.15) is 96.6 Å². The standard InChI is InChI=1S/C35H35N/c36-23-22-31(27-12-6-2-7-13-27)33-21-20-32-30(26-10-4-1-5-11-26)19-17-25-16-18-29(24-25)35(32)34(33)28-14-8-3-9-15-28/h1-2,4-7,10-13,17,19-23,28-29,36H,3,8-9,14-16,18,24H2/b25-17-,30-19-,31-22-,36-23?. The molecule has 3 aliphatic carbocycles. The molecule has 1 unspecified atom stereocenters. The summed E-state index contributed by atoms with van der Waals surface area (Å²) in [6.45, 7) is 0. The average molecular weight is 470 g/mol. The first kappa shape index (κ1) is 23.0. The molecule has 2 saturated carbocycles. The van der Waals surface area contributed by atoms with Crippen molar-refractivity contribution in [2.24, 2.45) is 0 Å². The van der Waals surface area contributed by atoms with Crippen molar-refractivity contribution in [1.29, 1.82) is 5.41 Å². The molecule has 3 aromatic rings. The number of hydrogen-bond donors (Lipinski definition) is 1. The van der Waals surface area contributed by atoms with Crippen molar-refractivity contribution in [2.75, 3.05) is 0 Å². The lowest BCUT2D eigenvalue weighted by atomic mass is 9.72. The third-order valence-electron chi connectivity index (χ3n) is 8.52. The molecule has 0 amide bonds. The zero-order chi connectivity index (χ0) is 24.3. The summed E-state index contributed by atoms with van der Waals surface area (Å²) in [5.41, 5.74) is 12.6. The highest BCUT2D eigenvalue weighted by molar-refractivity contribution is 5.93. The fourth-order valence-electron chi connectivity index (χ4n) is 6.86. The molecule has 2 bridgehead atoms. The van der Waals surface area contributed by atoms with Crippen LogP contribution in [0.2, 0.25) is 0 Å². The van der Waals surface area contributed by atoms with E-state index in [1.165, 1.54) is 91.0 Å². The molecule has 0 aromatic heterocycles. The van der Waals surface area contributed by atoms with Crippen LogP contribution in [-0.4, -0.2) is 6.21 Å². The maximum absolute atomic E-state index is 8.01. The van der Waals surface area contributed by atoms with Crippen LogP contribution in [0.15, 0.2) is 96.6 Å². The summed E-state index contributed by atoms with van der Waals surface area (Å²) in [7, 11) is 0. The van der Waals surface area contributed by atoms with Gasteiger partial charge in [0.2, 0.25) is 0 Å². The molecule has 3 aromatic carbocycles. The van der Waals surface area contributed by atoms with Gasteiger partial charge in [-0.3, -0.25) is 0 Å². The summed E-state index contributed by atoms with van der Waals surface area (Å²) in [4.78, 5) is 0. The molecule has 0 radical (unpaired) electrons. The summed E-state index contributed by atoms with van der Waals surface area (Å²) in [6, 6.07) is 26.4. The highest BCUT2D eigenvalue weighted by Gasteiger charge is 2.33. The van der Waals surface area contributed by atoms with Crippen molar-refractivity contribution in [1.82, 2.24) is 0 Å². The van der Waals surface area contributed by atoms with E-state index in [1.54, 1.807) is 16.7 Å². The zero-order valence-electron chi connectivity index (χ0n) is 21.0. The van der Waals surface area contributed by atoms with Crippen LogP contribution in [0.25, 0.3) is 11.1 Å². The number of fused-ring (bicyclic) bond motifs is 4. The van der Waals surface area contributed by atoms with Crippen molar-refractivity contribution >= 4 is 17.4 Å². The van der Waals surface area contributed by atoms with Crippen LogP contribution >= 0.6 is 0 Å². The Morgan fingerprint density at radius 3 is 2.22 bits per heavy atom. The van der Waals surface area contributed by atoms with Crippen LogP contribution in [0.5, 0.6) is 0 Å². The van der Waals surface area contributed by atoms with Crippen molar-refractivity contribution in [3.63, 3.8) is 0 Å². The quantitative estimate of drug-likeness (QED) is 0.360. The van der Waals surface area contributed by atoms with Gasteiger partial charge in [0, 0.05) is 6.21 Å². The first-order valence-corrected chi connectivity index (χ1v) is 13.7. The van der Waals surface area contributed by atoms with Gasteiger partial charge in [0.05, 0.1) is 0 Å². The van der Waals surface area contributed by atoms with E-state index in [0.717, 1.165) is 0 Å². The number of hydrogen-bond acceptors (Lipinski definition) is 1. The minimum absolute atomic E-state index is 0.576. The Morgan fingerprint density at radius 2 is 1.47 bits per heavy atom. The fraction of sp³-hybridized carbons (Fsp3) is 0.286. The Morgan fingerprint density at radius 1 is 0.722 bits per heavy atom. The highest BCUT2D eigenvalue weighted by Crippen LogP contribution is 2.50. The first-order valence-electron chi connectivity index (χ1n) is 13.7. The normalized spacial score (nSPS) is 23.0. The van der Waals surface area contributed by atoms with Gasteiger partial charge in [-0.1, -0.05) is 110 Å². The smallest absolute Gasteiger partial charge is 0.0184 e. The van der Waals surface area contributed by atoms with Crippen LogP contribution in [0, 0.1) is 5.41 Å². The highest BCUT2D eigenvalue weighted by atomic mass is 14.4.